The molecule has 0 saturated carbocycles. The highest BCUT2D eigenvalue weighted by Gasteiger charge is 2.46. The summed E-state index contributed by atoms with van der Waals surface area (Å²) in [6.45, 7) is 0.108. The minimum atomic E-state index is -5.13. The zero-order chi connectivity index (χ0) is 25.2. The molecule has 5 rings (SSSR count). The average molecular weight is 515 g/mol. The second kappa shape index (κ2) is 7.94. The third-order valence-corrected chi connectivity index (χ3v) is 6.68. The van der Waals surface area contributed by atoms with Gasteiger partial charge in [-0.15, -0.1) is 0 Å². The van der Waals surface area contributed by atoms with E-state index in [1.165, 1.54) is 4.90 Å². The maximum atomic E-state index is 13.6. The second-order valence-electron chi connectivity index (χ2n) is 8.52. The zero-order valence-electron chi connectivity index (χ0n) is 17.9. The van der Waals surface area contributed by atoms with E-state index in [1.807, 2.05) is 29.0 Å². The molecule has 4 nitrogen and oxygen atoms in total. The maximum absolute atomic E-state index is 13.6. The van der Waals surface area contributed by atoms with Crippen molar-refractivity contribution in [1.82, 2.24) is 9.47 Å². The fourth-order valence-electron chi connectivity index (χ4n) is 4.73. The van der Waals surface area contributed by atoms with Gasteiger partial charge in [0.1, 0.15) is 5.75 Å². The zero-order valence-corrected chi connectivity index (χ0v) is 18.6. The molecule has 0 radical (unpaired) electrons. The van der Waals surface area contributed by atoms with Crippen molar-refractivity contribution in [3.8, 4) is 11.4 Å². The van der Waals surface area contributed by atoms with Crippen molar-refractivity contribution in [3.05, 3.63) is 82.1 Å². The van der Waals surface area contributed by atoms with Crippen LogP contribution in [0.3, 0.4) is 0 Å². The first-order valence-electron chi connectivity index (χ1n) is 10.6. The number of aromatic nitrogens is 1. The van der Waals surface area contributed by atoms with E-state index in [0.29, 0.717) is 22.9 Å². The van der Waals surface area contributed by atoms with Gasteiger partial charge in [0.05, 0.1) is 28.1 Å². The monoisotopic (exact) mass is 514 g/mol. The van der Waals surface area contributed by atoms with E-state index in [1.54, 1.807) is 12.1 Å². The summed E-state index contributed by atoms with van der Waals surface area (Å²) in [5.74, 6) is -0.432. The van der Waals surface area contributed by atoms with Gasteiger partial charge in [0.2, 0.25) is 0 Å². The molecule has 2 aromatic carbocycles. The lowest BCUT2D eigenvalue weighted by Crippen LogP contribution is -2.50. The number of rotatable bonds is 1. The molecule has 3 aromatic rings. The molecule has 1 aromatic heterocycles. The van der Waals surface area contributed by atoms with Crippen molar-refractivity contribution in [1.29, 1.82) is 0 Å². The number of alkyl halides is 6. The van der Waals surface area contributed by atoms with Crippen LogP contribution in [0.25, 0.3) is 5.69 Å². The number of halogens is 7. The molecule has 1 amide bonds. The van der Waals surface area contributed by atoms with E-state index in [-0.39, 0.29) is 32.0 Å². The summed E-state index contributed by atoms with van der Waals surface area (Å²) < 4.78 is 87.9. The average Bonchev–Trinajstić information content (AvgIpc) is 3.29. The molecule has 2 aliphatic rings. The van der Waals surface area contributed by atoms with Crippen molar-refractivity contribution in [2.24, 2.45) is 0 Å². The molecule has 35 heavy (non-hydrogen) atoms. The van der Waals surface area contributed by atoms with Crippen LogP contribution in [-0.2, 0) is 18.0 Å². The number of carbonyl (C=O) groups is 1. The molecule has 1 spiro atoms. The van der Waals surface area contributed by atoms with Gasteiger partial charge in [-0.2, -0.15) is 26.3 Å². The largest absolute Gasteiger partial charge is 0.479 e. The summed E-state index contributed by atoms with van der Waals surface area (Å²) >= 11 is 6.12. The van der Waals surface area contributed by atoms with Crippen molar-refractivity contribution < 1.29 is 35.9 Å². The second-order valence-corrected chi connectivity index (χ2v) is 8.96. The number of hydrogen-bond acceptors (Lipinski definition) is 2. The van der Waals surface area contributed by atoms with Crippen LogP contribution in [0, 0.1) is 0 Å². The van der Waals surface area contributed by atoms with E-state index in [2.05, 4.69) is 0 Å². The van der Waals surface area contributed by atoms with Gasteiger partial charge in [0.25, 0.3) is 5.91 Å². The first kappa shape index (κ1) is 23.6. The number of hydrogen-bond donors (Lipinski definition) is 0. The Labute approximate surface area is 200 Å². The Balaban J connectivity index is 1.42. The van der Waals surface area contributed by atoms with Crippen LogP contribution in [0.5, 0.6) is 5.75 Å². The molecule has 0 aliphatic carbocycles. The van der Waals surface area contributed by atoms with Crippen LogP contribution >= 0.6 is 11.6 Å². The molecule has 3 heterocycles. The van der Waals surface area contributed by atoms with E-state index in [9.17, 15) is 31.1 Å². The SMILES string of the molecule is O=C(c1ccc(C(F)(F)F)cc1C(F)(F)F)N1CCC2(CC1)Oc1cc(Cl)ccc1-n1cccc12. The summed E-state index contributed by atoms with van der Waals surface area (Å²) in [6.07, 6.45) is -7.68. The number of benzene rings is 2. The number of piperidine rings is 1. The predicted octanol–water partition coefficient (Wildman–Crippen LogP) is 6.69. The minimum Gasteiger partial charge on any atom is -0.479 e. The highest BCUT2D eigenvalue weighted by atomic mass is 35.5. The number of carbonyl (C=O) groups excluding carboxylic acids is 1. The van der Waals surface area contributed by atoms with Crippen molar-refractivity contribution >= 4 is 17.5 Å². The molecular formula is C24H17ClF6N2O2. The first-order valence-corrected chi connectivity index (χ1v) is 11.0. The molecule has 1 saturated heterocycles. The van der Waals surface area contributed by atoms with Gasteiger partial charge < -0.3 is 14.2 Å². The Hall–Kier alpha value is -3.14. The van der Waals surface area contributed by atoms with Crippen molar-refractivity contribution in [3.63, 3.8) is 0 Å². The van der Waals surface area contributed by atoms with E-state index < -0.39 is 40.6 Å². The third kappa shape index (κ3) is 4.03. The Morgan fingerprint density at radius 3 is 2.31 bits per heavy atom. The molecule has 0 unspecified atom stereocenters. The summed E-state index contributed by atoms with van der Waals surface area (Å²) in [4.78, 5) is 14.2. The van der Waals surface area contributed by atoms with Crippen LogP contribution in [0.15, 0.2) is 54.7 Å². The molecular weight excluding hydrogens is 498 g/mol. The Morgan fingerprint density at radius 2 is 1.66 bits per heavy atom. The number of nitrogens with zero attached hydrogens (tertiary/aromatic N) is 2. The molecule has 0 bridgehead atoms. The normalized spacial score (nSPS) is 17.1. The number of likely N-dealkylation sites (tertiary alicyclic amines) is 1. The summed E-state index contributed by atoms with van der Waals surface area (Å²) in [5.41, 5.74) is -3.09. The number of ether oxygens (including phenoxy) is 1. The molecule has 11 heteroatoms. The lowest BCUT2D eigenvalue weighted by molar-refractivity contribution is -0.143. The molecule has 184 valence electrons. The van der Waals surface area contributed by atoms with Crippen LogP contribution < -0.4 is 4.74 Å². The highest BCUT2D eigenvalue weighted by molar-refractivity contribution is 6.30. The summed E-state index contributed by atoms with van der Waals surface area (Å²) in [5, 5.41) is 0.476. The predicted molar refractivity (Wildman–Crippen MR) is 115 cm³/mol. The molecule has 1 fully saturated rings. The lowest BCUT2D eigenvalue weighted by Gasteiger charge is -2.45. The number of amides is 1. The smallest absolute Gasteiger partial charge is 0.417 e. The van der Waals surface area contributed by atoms with Crippen LogP contribution in [-0.4, -0.2) is 28.5 Å². The van der Waals surface area contributed by atoms with Gasteiger partial charge in [-0.1, -0.05) is 11.6 Å². The van der Waals surface area contributed by atoms with Gasteiger partial charge in [0.15, 0.2) is 5.60 Å². The summed E-state index contributed by atoms with van der Waals surface area (Å²) in [6, 6.07) is 10.0. The lowest BCUT2D eigenvalue weighted by atomic mass is 9.86. The van der Waals surface area contributed by atoms with Crippen LogP contribution in [0.1, 0.15) is 40.0 Å². The Bertz CT molecular complexity index is 1310. The molecule has 0 atom stereocenters. The van der Waals surface area contributed by atoms with Gasteiger partial charge in [-0.25, -0.2) is 0 Å². The minimum absolute atomic E-state index is 0.0174. The van der Waals surface area contributed by atoms with Crippen molar-refractivity contribution in [2.75, 3.05) is 13.1 Å². The standard InChI is InChI=1S/C24H17ClF6N2O2/c25-15-4-6-18-19(13-15)35-22(20-2-1-9-33(18)20)7-10-32(11-8-22)21(34)16-5-3-14(23(26,27)28)12-17(16)24(29,30)31/h1-6,9,12-13H,7-8,10-11H2. The van der Waals surface area contributed by atoms with Gasteiger partial charge in [0, 0.05) is 43.2 Å². The highest BCUT2D eigenvalue weighted by Crippen LogP contribution is 2.46. The van der Waals surface area contributed by atoms with Crippen LogP contribution in [0.2, 0.25) is 5.02 Å². The van der Waals surface area contributed by atoms with Gasteiger partial charge in [-0.3, -0.25) is 4.79 Å². The van der Waals surface area contributed by atoms with E-state index in [4.69, 9.17) is 16.3 Å². The van der Waals surface area contributed by atoms with Crippen LogP contribution in [0.4, 0.5) is 26.3 Å². The molecule has 2 aliphatic heterocycles. The molecule has 0 N–H and O–H groups in total. The summed E-state index contributed by atoms with van der Waals surface area (Å²) in [7, 11) is 0. The number of fused-ring (bicyclic) bond motifs is 4. The third-order valence-electron chi connectivity index (χ3n) is 6.44. The van der Waals surface area contributed by atoms with E-state index >= 15 is 0 Å². The Morgan fingerprint density at radius 1 is 0.943 bits per heavy atom. The topological polar surface area (TPSA) is 34.5 Å². The van der Waals surface area contributed by atoms with Crippen molar-refractivity contribution in [2.45, 2.75) is 30.8 Å². The fourth-order valence-corrected chi connectivity index (χ4v) is 4.90. The maximum Gasteiger partial charge on any atom is 0.417 e. The first-order chi connectivity index (χ1) is 16.4. The fraction of sp³-hybridized carbons (Fsp3) is 0.292. The van der Waals surface area contributed by atoms with Gasteiger partial charge >= 0.3 is 12.4 Å². The van der Waals surface area contributed by atoms with Gasteiger partial charge in [-0.05, 0) is 42.5 Å². The quantitative estimate of drug-likeness (QED) is 0.339. The van der Waals surface area contributed by atoms with E-state index in [0.717, 1.165) is 11.4 Å². The Kier molecular flexibility index (Phi) is 5.35.